The quantitative estimate of drug-likeness (QED) is 0.691. The minimum absolute atomic E-state index is 0.177. The van der Waals surface area contributed by atoms with Crippen LogP contribution < -0.4 is 4.74 Å². The molecule has 1 aliphatic heterocycles. The number of fused-ring (bicyclic) bond motifs is 1. The first-order valence-electron chi connectivity index (χ1n) is 9.65. The second kappa shape index (κ2) is 7.64. The van der Waals surface area contributed by atoms with Crippen molar-refractivity contribution in [2.45, 2.75) is 38.8 Å². The van der Waals surface area contributed by atoms with Gasteiger partial charge in [-0.25, -0.2) is 4.79 Å². The van der Waals surface area contributed by atoms with Gasteiger partial charge in [-0.15, -0.1) is 0 Å². The van der Waals surface area contributed by atoms with Gasteiger partial charge in [-0.05, 0) is 56.1 Å². The van der Waals surface area contributed by atoms with Gasteiger partial charge in [0.2, 0.25) is 0 Å². The highest BCUT2D eigenvalue weighted by atomic mass is 16.5. The Kier molecular flexibility index (Phi) is 5.05. The van der Waals surface area contributed by atoms with E-state index in [1.807, 2.05) is 12.3 Å². The molecule has 0 radical (unpaired) electrons. The summed E-state index contributed by atoms with van der Waals surface area (Å²) in [4.78, 5) is 21.4. The zero-order chi connectivity index (χ0) is 19.7. The molecule has 1 atom stereocenters. The number of hydrogen-bond donors (Lipinski definition) is 2. The third kappa shape index (κ3) is 3.36. The van der Waals surface area contributed by atoms with Gasteiger partial charge in [0.15, 0.2) is 0 Å². The molecule has 6 heteroatoms. The number of likely N-dealkylation sites (tertiary alicyclic amines) is 1. The van der Waals surface area contributed by atoms with Crippen molar-refractivity contribution in [2.75, 3.05) is 13.7 Å². The van der Waals surface area contributed by atoms with Crippen LogP contribution in [0, 0.1) is 6.92 Å². The summed E-state index contributed by atoms with van der Waals surface area (Å²) >= 11 is 0. The van der Waals surface area contributed by atoms with Gasteiger partial charge in [0.25, 0.3) is 0 Å². The van der Waals surface area contributed by atoms with E-state index in [0.29, 0.717) is 0 Å². The van der Waals surface area contributed by atoms with Crippen molar-refractivity contribution in [3.63, 3.8) is 0 Å². The zero-order valence-electron chi connectivity index (χ0n) is 16.2. The number of pyridine rings is 1. The average Bonchev–Trinajstić information content (AvgIpc) is 3.21. The van der Waals surface area contributed by atoms with Gasteiger partial charge < -0.3 is 14.8 Å². The molecular formula is C22H25N3O3. The number of aromatic nitrogens is 2. The van der Waals surface area contributed by atoms with Crippen LogP contribution in [0.1, 0.15) is 52.5 Å². The molecule has 1 aromatic carbocycles. The van der Waals surface area contributed by atoms with Gasteiger partial charge in [0.1, 0.15) is 5.75 Å². The Morgan fingerprint density at radius 2 is 2.21 bits per heavy atom. The molecule has 0 amide bonds. The molecule has 3 aromatic rings. The van der Waals surface area contributed by atoms with Gasteiger partial charge in [-0.1, -0.05) is 6.42 Å². The number of nitrogens with one attached hydrogen (secondary N) is 1. The molecule has 0 bridgehead atoms. The third-order valence-corrected chi connectivity index (χ3v) is 5.68. The third-order valence-electron chi connectivity index (χ3n) is 5.68. The number of aromatic amines is 1. The van der Waals surface area contributed by atoms with Gasteiger partial charge in [0.05, 0.1) is 24.4 Å². The van der Waals surface area contributed by atoms with Gasteiger partial charge in [0, 0.05) is 35.4 Å². The molecule has 0 aliphatic carbocycles. The first kappa shape index (κ1) is 18.5. The van der Waals surface area contributed by atoms with Crippen molar-refractivity contribution in [3.05, 3.63) is 59.0 Å². The fourth-order valence-corrected chi connectivity index (χ4v) is 4.23. The summed E-state index contributed by atoms with van der Waals surface area (Å²) in [5.74, 6) is -0.0399. The van der Waals surface area contributed by atoms with Crippen LogP contribution in [-0.4, -0.2) is 39.6 Å². The smallest absolute Gasteiger partial charge is 0.337 e. The SMILES string of the molecule is COc1cc(C)c2[nH]ccc2c1CN1CCCCC1c1ccc(C(=O)O)cn1. The fourth-order valence-electron chi connectivity index (χ4n) is 4.23. The van der Waals surface area contributed by atoms with Gasteiger partial charge in [-0.3, -0.25) is 9.88 Å². The number of hydrogen-bond acceptors (Lipinski definition) is 4. The highest BCUT2D eigenvalue weighted by molar-refractivity contribution is 5.88. The predicted octanol–water partition coefficient (Wildman–Crippen LogP) is 4.31. The van der Waals surface area contributed by atoms with Crippen LogP contribution in [0.25, 0.3) is 10.9 Å². The maximum absolute atomic E-state index is 11.1. The van der Waals surface area contributed by atoms with Crippen LogP contribution in [0.2, 0.25) is 0 Å². The summed E-state index contributed by atoms with van der Waals surface area (Å²) in [6.45, 7) is 3.84. The molecule has 2 aromatic heterocycles. The van der Waals surface area contributed by atoms with E-state index in [4.69, 9.17) is 9.84 Å². The number of nitrogens with zero attached hydrogens (tertiary/aromatic N) is 2. The van der Waals surface area contributed by atoms with E-state index in [1.54, 1.807) is 13.2 Å². The number of H-pyrrole nitrogens is 1. The molecule has 0 saturated carbocycles. The first-order chi connectivity index (χ1) is 13.6. The zero-order valence-corrected chi connectivity index (χ0v) is 16.2. The van der Waals surface area contributed by atoms with E-state index in [1.165, 1.54) is 22.7 Å². The van der Waals surface area contributed by atoms with E-state index < -0.39 is 5.97 Å². The molecule has 1 fully saturated rings. The molecule has 0 spiro atoms. The van der Waals surface area contributed by atoms with Crippen molar-refractivity contribution in [2.24, 2.45) is 0 Å². The number of aryl methyl sites for hydroxylation is 1. The number of carbonyl (C=O) groups is 1. The molecule has 6 nitrogen and oxygen atoms in total. The molecule has 4 rings (SSSR count). The summed E-state index contributed by atoms with van der Waals surface area (Å²) in [6.07, 6.45) is 6.74. The normalized spacial score (nSPS) is 17.7. The van der Waals surface area contributed by atoms with Crippen molar-refractivity contribution in [1.29, 1.82) is 0 Å². The maximum Gasteiger partial charge on any atom is 0.337 e. The molecular weight excluding hydrogens is 354 g/mol. The lowest BCUT2D eigenvalue weighted by Crippen LogP contribution is -2.33. The number of rotatable bonds is 5. The van der Waals surface area contributed by atoms with E-state index in [-0.39, 0.29) is 11.6 Å². The Labute approximate surface area is 164 Å². The van der Waals surface area contributed by atoms with Crippen LogP contribution in [0.3, 0.4) is 0 Å². The highest BCUT2D eigenvalue weighted by Crippen LogP contribution is 2.36. The first-order valence-corrected chi connectivity index (χ1v) is 9.65. The van der Waals surface area contributed by atoms with Crippen molar-refractivity contribution < 1.29 is 14.6 Å². The number of aromatic carboxylic acids is 1. The fraction of sp³-hybridized carbons (Fsp3) is 0.364. The summed E-state index contributed by atoms with van der Waals surface area (Å²) in [5.41, 5.74) is 4.65. The van der Waals surface area contributed by atoms with E-state index in [9.17, 15) is 4.79 Å². The molecule has 1 aliphatic rings. The van der Waals surface area contributed by atoms with E-state index in [0.717, 1.165) is 49.3 Å². The van der Waals surface area contributed by atoms with Crippen molar-refractivity contribution in [1.82, 2.24) is 14.9 Å². The van der Waals surface area contributed by atoms with Gasteiger partial charge in [-0.2, -0.15) is 0 Å². The molecule has 1 saturated heterocycles. The largest absolute Gasteiger partial charge is 0.496 e. The number of piperidine rings is 1. The summed E-state index contributed by atoms with van der Waals surface area (Å²) in [7, 11) is 1.72. The Hall–Kier alpha value is -2.86. The molecule has 28 heavy (non-hydrogen) atoms. The van der Waals surface area contributed by atoms with E-state index >= 15 is 0 Å². The van der Waals surface area contributed by atoms with Crippen LogP contribution in [-0.2, 0) is 6.54 Å². The minimum atomic E-state index is -0.946. The topological polar surface area (TPSA) is 78.5 Å². The standard InChI is InChI=1S/C22H25N3O3/c1-14-11-20(28-2)17(16-8-9-23-21(14)16)13-25-10-4-3-5-19(25)18-7-6-15(12-24-18)22(26)27/h6-9,11-12,19,23H,3-5,10,13H2,1-2H3,(H,26,27). The average molecular weight is 379 g/mol. The molecule has 1 unspecified atom stereocenters. The van der Waals surface area contributed by atoms with Crippen molar-refractivity contribution in [3.8, 4) is 5.75 Å². The van der Waals surface area contributed by atoms with Crippen LogP contribution in [0.15, 0.2) is 36.7 Å². The number of ether oxygens (including phenoxy) is 1. The summed E-state index contributed by atoms with van der Waals surface area (Å²) in [6, 6.07) is 7.88. The van der Waals surface area contributed by atoms with E-state index in [2.05, 4.69) is 33.9 Å². The highest BCUT2D eigenvalue weighted by Gasteiger charge is 2.27. The minimum Gasteiger partial charge on any atom is -0.496 e. The number of carboxylic acids is 1. The Morgan fingerprint density at radius 3 is 2.93 bits per heavy atom. The maximum atomic E-state index is 11.1. The number of methoxy groups -OCH3 is 1. The monoisotopic (exact) mass is 379 g/mol. The Balaban J connectivity index is 1.68. The number of carboxylic acid groups (broad SMARTS) is 1. The predicted molar refractivity (Wildman–Crippen MR) is 108 cm³/mol. The Morgan fingerprint density at radius 1 is 1.36 bits per heavy atom. The lowest BCUT2D eigenvalue weighted by atomic mass is 9.96. The summed E-state index contributed by atoms with van der Waals surface area (Å²) < 4.78 is 5.71. The lowest BCUT2D eigenvalue weighted by molar-refractivity contribution is 0.0696. The van der Waals surface area contributed by atoms with Crippen LogP contribution in [0.5, 0.6) is 5.75 Å². The van der Waals surface area contributed by atoms with Crippen LogP contribution >= 0.6 is 0 Å². The number of benzene rings is 1. The summed E-state index contributed by atoms with van der Waals surface area (Å²) in [5, 5.41) is 10.3. The second-order valence-electron chi connectivity index (χ2n) is 7.40. The Bertz CT molecular complexity index is 994. The van der Waals surface area contributed by atoms with Gasteiger partial charge >= 0.3 is 5.97 Å². The molecule has 3 heterocycles. The van der Waals surface area contributed by atoms with Crippen molar-refractivity contribution >= 4 is 16.9 Å². The second-order valence-corrected chi connectivity index (χ2v) is 7.40. The van der Waals surface area contributed by atoms with Crippen LogP contribution in [0.4, 0.5) is 0 Å². The molecule has 2 N–H and O–H groups in total. The molecule has 146 valence electrons. The lowest BCUT2D eigenvalue weighted by Gasteiger charge is -2.36.